The van der Waals surface area contributed by atoms with Crippen LogP contribution >= 0.6 is 0 Å². The standard InChI is InChI=1S/2C26H26N6O3.C22H21F4N5O3/c1-2-6-21(33)31-12-11-26(16-31)13-18(14-26)32-24(27)22(25(28)34)23(30-32)17-9-10-20(29-15-17)35-19-7-4-3-5-8-19;1-2-5-21(33)31-13-11-26(16-31)14-18(15-26)32-24(27)22(25(28)34)23(30-32)17-7-9-19(10-8-17)35-20-6-3-4-12-29-20;1-2-3-16(32)30-9-21(10-30)7-13(8-21)31-19(27)17(20(28)33)18(29-31)12-4-5-14(23)15(6-12)34-11-22(24,25)26/h3-5,7-10,15,18H,11-14,16,27H2,1H3,(H2,28,34);3-4,6-10,12,18H,11,13-16,27H2,1H3,(H2,28,34);4-6,13H,7-11,27H2,1H3,(H2,28,33). The second-order valence-corrected chi connectivity index (χ2v) is 26.8. The monoisotopic (exact) mass is 1420 g/mol. The van der Waals surface area contributed by atoms with E-state index in [1.807, 2.05) is 64.4 Å². The highest BCUT2D eigenvalue weighted by atomic mass is 19.4. The van der Waals surface area contributed by atoms with E-state index in [2.05, 4.69) is 60.4 Å². The molecule has 6 fully saturated rings. The van der Waals surface area contributed by atoms with Gasteiger partial charge in [0, 0.05) is 85.9 Å². The smallest absolute Gasteiger partial charge is 0.422 e. The summed E-state index contributed by atoms with van der Waals surface area (Å²) in [7, 11) is 0. The Labute approximate surface area is 594 Å². The molecule has 12 N–H and O–H groups in total. The summed E-state index contributed by atoms with van der Waals surface area (Å²) in [6.45, 7) is 7.14. The number of nitrogens with zero attached hydrogens (tertiary/aromatic N) is 11. The molecule has 104 heavy (non-hydrogen) atoms. The second kappa shape index (κ2) is 28.9. The summed E-state index contributed by atoms with van der Waals surface area (Å²) in [5.41, 5.74) is 38.4. The number of aromatic nitrogens is 8. The summed E-state index contributed by atoms with van der Waals surface area (Å²) < 4.78 is 72.4. The molecule has 3 spiro atoms. The molecule has 14 rings (SSSR count). The van der Waals surface area contributed by atoms with Crippen LogP contribution in [0.2, 0.25) is 0 Å². The van der Waals surface area contributed by atoms with Gasteiger partial charge in [-0.05, 0) is 167 Å². The fourth-order valence-electron chi connectivity index (χ4n) is 14.8. The number of hydrogen-bond donors (Lipinski definition) is 6. The van der Waals surface area contributed by atoms with Crippen LogP contribution in [0, 0.1) is 57.6 Å². The van der Waals surface area contributed by atoms with Crippen molar-refractivity contribution in [3.05, 3.63) is 138 Å². The van der Waals surface area contributed by atoms with E-state index in [-0.39, 0.29) is 97.5 Å². The minimum atomic E-state index is -4.65. The molecule has 30 heteroatoms. The van der Waals surface area contributed by atoms with Crippen molar-refractivity contribution < 1.29 is 60.5 Å². The summed E-state index contributed by atoms with van der Waals surface area (Å²) in [5.74, 6) is 14.1. The average molecular weight is 1420 g/mol. The number of hydrogen-bond acceptors (Lipinski definition) is 17. The molecule has 5 aromatic heterocycles. The van der Waals surface area contributed by atoms with Gasteiger partial charge in [-0.2, -0.15) is 28.5 Å². The zero-order valence-corrected chi connectivity index (χ0v) is 56.9. The average Bonchev–Trinajstić information content (AvgIpc) is 1.29. The predicted octanol–water partition coefficient (Wildman–Crippen LogP) is 8.49. The van der Waals surface area contributed by atoms with E-state index in [1.54, 1.807) is 77.8 Å². The molecular formula is C74H73F4N17O9. The van der Waals surface area contributed by atoms with Crippen molar-refractivity contribution in [1.29, 1.82) is 0 Å². The normalized spacial score (nSPS) is 16.6. The Balaban J connectivity index is 0.000000147. The first kappa shape index (κ1) is 71.4. The molecule has 3 saturated carbocycles. The van der Waals surface area contributed by atoms with Gasteiger partial charge in [-0.15, -0.1) is 0 Å². The van der Waals surface area contributed by atoms with E-state index in [0.717, 1.165) is 50.7 Å². The van der Waals surface area contributed by atoms with Gasteiger partial charge in [-0.25, -0.2) is 28.4 Å². The summed E-state index contributed by atoms with van der Waals surface area (Å²) in [6.07, 6.45) is 5.05. The summed E-state index contributed by atoms with van der Waals surface area (Å²) in [5, 5.41) is 13.8. The fourth-order valence-corrected chi connectivity index (χ4v) is 14.8. The molecule has 536 valence electrons. The van der Waals surface area contributed by atoms with E-state index in [0.29, 0.717) is 97.9 Å². The van der Waals surface area contributed by atoms with E-state index in [4.69, 9.17) is 49.0 Å². The number of alkyl halides is 3. The lowest BCUT2D eigenvalue weighted by atomic mass is 9.60. The quantitative estimate of drug-likeness (QED) is 0.0414. The first-order valence-electron chi connectivity index (χ1n) is 33.3. The van der Waals surface area contributed by atoms with Crippen LogP contribution in [0.25, 0.3) is 33.8 Å². The maximum absolute atomic E-state index is 14.0. The number of rotatable bonds is 15. The molecule has 0 atom stereocenters. The highest BCUT2D eigenvalue weighted by Gasteiger charge is 2.56. The SMILES string of the molecule is CC#CC(=O)N1CC2(CC(n3nc(-c4ccc(F)c(OCC(F)(F)F)c4)c(C(N)=O)c3N)C2)C1.CC#CC(=O)N1CCC2(CC(n3nc(-c4ccc(Oc5ccccc5)nc4)c(C(N)=O)c3N)C2)C1.CC#CC(=O)N1CCC2(CC(n3nc(-c4ccc(Oc5ccccn5)cc4)c(C(N)=O)c3N)C2)C1. The number of carbonyl (C=O) groups excluding carboxylic acids is 6. The maximum atomic E-state index is 14.0. The number of nitrogens with two attached hydrogens (primary N) is 6. The fraction of sp³-hybridized carbons (Fsp3) is 0.338. The van der Waals surface area contributed by atoms with Crippen LogP contribution in [-0.2, 0) is 14.4 Å². The summed E-state index contributed by atoms with van der Waals surface area (Å²) in [6, 6.07) is 28.5. The first-order valence-corrected chi connectivity index (χ1v) is 33.3. The number of para-hydroxylation sites is 1. The number of likely N-dealkylation sites (tertiary alicyclic amines) is 3. The lowest BCUT2D eigenvalue weighted by molar-refractivity contribution is -0.153. The summed E-state index contributed by atoms with van der Waals surface area (Å²) >= 11 is 0. The number of pyridine rings is 2. The molecule has 8 aromatic rings. The van der Waals surface area contributed by atoms with E-state index in [9.17, 15) is 46.3 Å². The molecule has 3 saturated heterocycles. The number of anilines is 3. The van der Waals surface area contributed by atoms with Crippen LogP contribution < -0.4 is 48.6 Å². The Kier molecular flexibility index (Phi) is 19.9. The van der Waals surface area contributed by atoms with Gasteiger partial charge in [-0.1, -0.05) is 42.0 Å². The number of primary amides is 3. The van der Waals surface area contributed by atoms with Crippen molar-refractivity contribution in [2.45, 2.75) is 96.4 Å². The molecule has 8 heterocycles. The van der Waals surface area contributed by atoms with Crippen molar-refractivity contribution in [3.8, 4) is 98.3 Å². The minimum Gasteiger partial charge on any atom is -0.481 e. The van der Waals surface area contributed by atoms with Crippen molar-refractivity contribution in [3.63, 3.8) is 0 Å². The van der Waals surface area contributed by atoms with Gasteiger partial charge in [0.1, 0.15) is 62.7 Å². The van der Waals surface area contributed by atoms with Crippen LogP contribution in [0.4, 0.5) is 35.0 Å². The van der Waals surface area contributed by atoms with Crippen LogP contribution in [0.3, 0.4) is 0 Å². The van der Waals surface area contributed by atoms with Crippen molar-refractivity contribution in [2.24, 2.45) is 33.4 Å². The second-order valence-electron chi connectivity index (χ2n) is 26.8. The molecule has 3 aliphatic carbocycles. The maximum Gasteiger partial charge on any atom is 0.422 e. The van der Waals surface area contributed by atoms with Gasteiger partial charge in [0.25, 0.3) is 35.4 Å². The molecule has 0 unspecified atom stereocenters. The number of carbonyl (C=O) groups is 6. The lowest BCUT2D eigenvalue weighted by Crippen LogP contribution is -2.63. The number of amides is 6. The van der Waals surface area contributed by atoms with Gasteiger partial charge >= 0.3 is 6.18 Å². The number of benzene rings is 3. The Morgan fingerprint density at radius 1 is 0.510 bits per heavy atom. The largest absolute Gasteiger partial charge is 0.481 e. The van der Waals surface area contributed by atoms with Gasteiger partial charge < -0.3 is 63.3 Å². The van der Waals surface area contributed by atoms with Crippen LogP contribution in [0.1, 0.15) is 121 Å². The third-order valence-electron chi connectivity index (χ3n) is 19.7. The van der Waals surface area contributed by atoms with Gasteiger partial charge in [-0.3, -0.25) is 28.8 Å². The zero-order valence-electron chi connectivity index (χ0n) is 56.9. The Morgan fingerprint density at radius 3 is 1.37 bits per heavy atom. The number of ether oxygens (including phenoxy) is 3. The van der Waals surface area contributed by atoms with Crippen molar-refractivity contribution >= 4 is 52.9 Å². The van der Waals surface area contributed by atoms with Crippen molar-refractivity contribution in [1.82, 2.24) is 54.0 Å². The third kappa shape index (κ3) is 14.9. The molecule has 0 bridgehead atoms. The van der Waals surface area contributed by atoms with E-state index >= 15 is 0 Å². The molecule has 3 aliphatic heterocycles. The summed E-state index contributed by atoms with van der Waals surface area (Å²) in [4.78, 5) is 86.6. The highest BCUT2D eigenvalue weighted by Crippen LogP contribution is 2.57. The molecular weight excluding hydrogens is 1350 g/mol. The topological polar surface area (TPSA) is 375 Å². The molecule has 26 nitrogen and oxygen atoms in total. The highest BCUT2D eigenvalue weighted by molar-refractivity contribution is 6.05. The van der Waals surface area contributed by atoms with Gasteiger partial charge in [0.05, 0.1) is 18.1 Å². The lowest BCUT2D eigenvalue weighted by Gasteiger charge is -2.58. The Bertz CT molecular complexity index is 4640. The van der Waals surface area contributed by atoms with E-state index < -0.39 is 42.1 Å². The zero-order chi connectivity index (χ0) is 74.0. The molecule has 6 amide bonds. The van der Waals surface area contributed by atoms with Crippen LogP contribution in [0.15, 0.2) is 116 Å². The predicted molar refractivity (Wildman–Crippen MR) is 373 cm³/mol. The first-order chi connectivity index (χ1) is 49.7. The number of nitrogen functional groups attached to an aromatic ring is 3. The molecule has 6 aliphatic rings. The van der Waals surface area contributed by atoms with Crippen LogP contribution in [-0.4, -0.2) is 142 Å². The molecule has 3 aromatic carbocycles. The minimum absolute atomic E-state index is 0.00791. The Hall–Kier alpha value is -12.4. The molecule has 0 radical (unpaired) electrons. The Morgan fingerprint density at radius 2 is 0.923 bits per heavy atom. The third-order valence-corrected chi connectivity index (χ3v) is 19.7. The van der Waals surface area contributed by atoms with Gasteiger partial charge in [0.2, 0.25) is 11.8 Å². The number of halogens is 4. The van der Waals surface area contributed by atoms with Crippen molar-refractivity contribution in [2.75, 3.05) is 63.1 Å². The van der Waals surface area contributed by atoms with Crippen LogP contribution in [0.5, 0.6) is 29.0 Å². The van der Waals surface area contributed by atoms with E-state index in [1.165, 1.54) is 10.7 Å². The van der Waals surface area contributed by atoms with Gasteiger partial charge in [0.15, 0.2) is 18.2 Å².